The van der Waals surface area contributed by atoms with Crippen LogP contribution in [-0.4, -0.2) is 15.1 Å². The highest BCUT2D eigenvalue weighted by atomic mass is 79.9. The molecule has 1 aromatic heterocycles. The summed E-state index contributed by atoms with van der Waals surface area (Å²) in [5.74, 6) is 1.41. The van der Waals surface area contributed by atoms with Gasteiger partial charge in [-0.1, -0.05) is 36.7 Å². The van der Waals surface area contributed by atoms with Crippen molar-refractivity contribution in [3.63, 3.8) is 0 Å². The normalized spacial score (nSPS) is 13.4. The van der Waals surface area contributed by atoms with E-state index in [0.29, 0.717) is 11.8 Å². The molecule has 0 aliphatic heterocycles. The Labute approximate surface area is 108 Å². The van der Waals surface area contributed by atoms with E-state index in [4.69, 9.17) is 0 Å². The molecule has 1 unspecified atom stereocenters. The zero-order valence-electron chi connectivity index (χ0n) is 10.8. The minimum absolute atomic E-state index is 0.701. The van der Waals surface area contributed by atoms with Gasteiger partial charge in [-0.2, -0.15) is 5.10 Å². The van der Waals surface area contributed by atoms with E-state index in [0.717, 1.165) is 24.7 Å². The molecule has 0 saturated carbocycles. The average Bonchev–Trinajstić information content (AvgIpc) is 2.67. The van der Waals surface area contributed by atoms with E-state index in [1.54, 1.807) is 0 Å². The second-order valence-electron chi connectivity index (χ2n) is 4.66. The third kappa shape index (κ3) is 3.34. The molecule has 0 saturated heterocycles. The maximum absolute atomic E-state index is 4.60. The summed E-state index contributed by atoms with van der Waals surface area (Å²) in [6, 6.07) is 2.27. The first-order valence-corrected chi connectivity index (χ1v) is 7.36. The molecule has 0 amide bonds. The highest BCUT2D eigenvalue weighted by molar-refractivity contribution is 9.09. The van der Waals surface area contributed by atoms with Gasteiger partial charge >= 0.3 is 0 Å². The van der Waals surface area contributed by atoms with Crippen molar-refractivity contribution in [3.8, 4) is 0 Å². The highest BCUT2D eigenvalue weighted by Crippen LogP contribution is 2.20. The van der Waals surface area contributed by atoms with Crippen LogP contribution in [0.3, 0.4) is 0 Å². The SMILES string of the molecule is CCc1cc(CC(CBr)C(C)C)n(CC)n1. The van der Waals surface area contributed by atoms with Gasteiger partial charge in [-0.25, -0.2) is 0 Å². The van der Waals surface area contributed by atoms with Crippen molar-refractivity contribution in [1.82, 2.24) is 9.78 Å². The molecule has 1 heterocycles. The largest absolute Gasteiger partial charge is 0.270 e. The maximum Gasteiger partial charge on any atom is 0.0624 e. The van der Waals surface area contributed by atoms with Crippen LogP contribution in [0.4, 0.5) is 0 Å². The lowest BCUT2D eigenvalue weighted by Gasteiger charge is -2.18. The summed E-state index contributed by atoms with van der Waals surface area (Å²) >= 11 is 3.61. The zero-order valence-corrected chi connectivity index (χ0v) is 12.4. The van der Waals surface area contributed by atoms with Crippen molar-refractivity contribution in [2.24, 2.45) is 11.8 Å². The second kappa shape index (κ2) is 6.43. The Morgan fingerprint density at radius 3 is 2.50 bits per heavy atom. The van der Waals surface area contributed by atoms with Gasteiger partial charge in [0, 0.05) is 17.6 Å². The van der Waals surface area contributed by atoms with Gasteiger partial charge in [0.15, 0.2) is 0 Å². The monoisotopic (exact) mass is 286 g/mol. The van der Waals surface area contributed by atoms with E-state index in [9.17, 15) is 0 Å². The van der Waals surface area contributed by atoms with Crippen molar-refractivity contribution in [2.75, 3.05) is 5.33 Å². The summed E-state index contributed by atoms with van der Waals surface area (Å²) in [6.45, 7) is 9.88. The van der Waals surface area contributed by atoms with Crippen LogP contribution in [0.15, 0.2) is 6.07 Å². The van der Waals surface area contributed by atoms with E-state index in [1.807, 2.05) is 0 Å². The predicted molar refractivity (Wildman–Crippen MR) is 73.1 cm³/mol. The molecule has 0 fully saturated rings. The fourth-order valence-electron chi connectivity index (χ4n) is 1.86. The molecule has 0 N–H and O–H groups in total. The van der Waals surface area contributed by atoms with Crippen LogP contribution in [0.2, 0.25) is 0 Å². The van der Waals surface area contributed by atoms with Gasteiger partial charge in [0.2, 0.25) is 0 Å². The van der Waals surface area contributed by atoms with Crippen molar-refractivity contribution in [2.45, 2.75) is 47.1 Å². The predicted octanol–water partition coefficient (Wildman–Crippen LogP) is 3.68. The summed E-state index contributed by atoms with van der Waals surface area (Å²) in [6.07, 6.45) is 2.16. The van der Waals surface area contributed by atoms with Gasteiger partial charge < -0.3 is 0 Å². The van der Waals surface area contributed by atoms with Gasteiger partial charge in [-0.3, -0.25) is 4.68 Å². The van der Waals surface area contributed by atoms with E-state index in [1.165, 1.54) is 11.4 Å². The molecule has 0 aliphatic carbocycles. The van der Waals surface area contributed by atoms with Crippen LogP contribution in [0.25, 0.3) is 0 Å². The Bertz CT molecular complexity index is 318. The Balaban J connectivity index is 2.81. The lowest BCUT2D eigenvalue weighted by Crippen LogP contribution is -2.16. The topological polar surface area (TPSA) is 17.8 Å². The Kier molecular flexibility index (Phi) is 5.53. The molecular formula is C13H23BrN2. The first-order chi connectivity index (χ1) is 7.62. The van der Waals surface area contributed by atoms with Crippen LogP contribution >= 0.6 is 15.9 Å². The molecule has 0 spiro atoms. The molecule has 3 heteroatoms. The quantitative estimate of drug-likeness (QED) is 0.730. The number of hydrogen-bond donors (Lipinski definition) is 0. The van der Waals surface area contributed by atoms with Gasteiger partial charge in [-0.05, 0) is 37.7 Å². The van der Waals surface area contributed by atoms with Gasteiger partial charge in [0.25, 0.3) is 0 Å². The lowest BCUT2D eigenvalue weighted by atomic mass is 9.93. The van der Waals surface area contributed by atoms with E-state index < -0.39 is 0 Å². The molecule has 0 bridgehead atoms. The molecule has 92 valence electrons. The first-order valence-electron chi connectivity index (χ1n) is 6.23. The summed E-state index contributed by atoms with van der Waals surface area (Å²) in [5, 5.41) is 5.67. The lowest BCUT2D eigenvalue weighted by molar-refractivity contribution is 0.413. The van der Waals surface area contributed by atoms with E-state index >= 15 is 0 Å². The molecule has 1 rings (SSSR count). The molecular weight excluding hydrogens is 264 g/mol. The first kappa shape index (κ1) is 13.8. The van der Waals surface area contributed by atoms with Gasteiger partial charge in [0.1, 0.15) is 0 Å². The zero-order chi connectivity index (χ0) is 12.1. The maximum atomic E-state index is 4.60. The molecule has 0 radical (unpaired) electrons. The van der Waals surface area contributed by atoms with Crippen molar-refractivity contribution in [3.05, 3.63) is 17.5 Å². The smallest absolute Gasteiger partial charge is 0.0624 e. The average molecular weight is 287 g/mol. The summed E-state index contributed by atoms with van der Waals surface area (Å²) < 4.78 is 2.15. The fourth-order valence-corrected chi connectivity index (χ4v) is 2.84. The van der Waals surface area contributed by atoms with E-state index in [2.05, 4.69) is 59.5 Å². The summed E-state index contributed by atoms with van der Waals surface area (Å²) in [5.41, 5.74) is 2.60. The van der Waals surface area contributed by atoms with Crippen LogP contribution in [-0.2, 0) is 19.4 Å². The minimum atomic E-state index is 0.701. The van der Waals surface area contributed by atoms with Crippen LogP contribution in [0.1, 0.15) is 39.1 Å². The summed E-state index contributed by atoms with van der Waals surface area (Å²) in [4.78, 5) is 0. The second-order valence-corrected chi connectivity index (χ2v) is 5.31. The summed E-state index contributed by atoms with van der Waals surface area (Å²) in [7, 11) is 0. The van der Waals surface area contributed by atoms with Crippen molar-refractivity contribution < 1.29 is 0 Å². The number of aryl methyl sites for hydroxylation is 2. The number of rotatable bonds is 6. The number of aromatic nitrogens is 2. The van der Waals surface area contributed by atoms with Crippen LogP contribution < -0.4 is 0 Å². The Morgan fingerprint density at radius 2 is 2.06 bits per heavy atom. The number of nitrogens with zero attached hydrogens (tertiary/aromatic N) is 2. The van der Waals surface area contributed by atoms with Crippen molar-refractivity contribution >= 4 is 15.9 Å². The Morgan fingerprint density at radius 1 is 1.38 bits per heavy atom. The molecule has 1 atom stereocenters. The molecule has 16 heavy (non-hydrogen) atoms. The third-order valence-corrected chi connectivity index (χ3v) is 4.02. The fraction of sp³-hybridized carbons (Fsp3) is 0.769. The number of hydrogen-bond acceptors (Lipinski definition) is 1. The molecule has 0 aliphatic rings. The van der Waals surface area contributed by atoms with Gasteiger partial charge in [-0.15, -0.1) is 0 Å². The molecule has 1 aromatic rings. The molecule has 0 aromatic carbocycles. The minimum Gasteiger partial charge on any atom is -0.270 e. The van der Waals surface area contributed by atoms with E-state index in [-0.39, 0.29) is 0 Å². The standard InChI is InChI=1S/C13H23BrN2/c1-5-12-8-13(16(6-2)15-12)7-11(9-14)10(3)4/h8,10-11H,5-7,9H2,1-4H3. The number of halogens is 1. The number of alkyl halides is 1. The van der Waals surface area contributed by atoms with Crippen molar-refractivity contribution in [1.29, 1.82) is 0 Å². The van der Waals surface area contributed by atoms with Gasteiger partial charge in [0.05, 0.1) is 5.69 Å². The molecule has 2 nitrogen and oxygen atoms in total. The highest BCUT2D eigenvalue weighted by Gasteiger charge is 2.15. The Hall–Kier alpha value is -0.310. The van der Waals surface area contributed by atoms with Crippen LogP contribution in [0, 0.1) is 11.8 Å². The van der Waals surface area contributed by atoms with Crippen LogP contribution in [0.5, 0.6) is 0 Å². The third-order valence-electron chi connectivity index (χ3n) is 3.19.